The molecule has 2 N–H and O–H groups in total. The maximum absolute atomic E-state index is 5.65. The van der Waals surface area contributed by atoms with Gasteiger partial charge in [0.05, 0.1) is 0 Å². The lowest BCUT2D eigenvalue weighted by molar-refractivity contribution is 0.123. The maximum Gasteiger partial charge on any atom is 0.190 e. The summed E-state index contributed by atoms with van der Waals surface area (Å²) in [5, 5.41) is 6.79. The van der Waals surface area contributed by atoms with E-state index in [1.807, 2.05) is 7.05 Å². The summed E-state index contributed by atoms with van der Waals surface area (Å²) in [4.78, 5) is 6.91. The Bertz CT molecular complexity index is 360. The van der Waals surface area contributed by atoms with Gasteiger partial charge in [0.2, 0.25) is 0 Å². The third kappa shape index (κ3) is 8.34. The highest BCUT2D eigenvalue weighted by molar-refractivity contribution is 5.79. The van der Waals surface area contributed by atoms with Gasteiger partial charge in [0.1, 0.15) is 0 Å². The molecule has 5 nitrogen and oxygen atoms in total. The Kier molecular flexibility index (Phi) is 8.89. The summed E-state index contributed by atoms with van der Waals surface area (Å²) in [7, 11) is 1.84. The van der Waals surface area contributed by atoms with Crippen LogP contribution in [0.4, 0.5) is 0 Å². The van der Waals surface area contributed by atoms with Crippen molar-refractivity contribution in [3.05, 3.63) is 0 Å². The highest BCUT2D eigenvalue weighted by Gasteiger charge is 2.21. The second kappa shape index (κ2) is 10.9. The Morgan fingerprint density at radius 1 is 1.08 bits per heavy atom. The average Bonchev–Trinajstić information content (AvgIpc) is 3.36. The summed E-state index contributed by atoms with van der Waals surface area (Å²) in [5.41, 5.74) is 0. The first-order valence-corrected chi connectivity index (χ1v) is 9.92. The van der Waals surface area contributed by atoms with Crippen molar-refractivity contribution in [3.8, 4) is 0 Å². The van der Waals surface area contributed by atoms with Crippen LogP contribution in [0.1, 0.15) is 46.0 Å². The van der Waals surface area contributed by atoms with Crippen LogP contribution in [0, 0.1) is 17.8 Å². The van der Waals surface area contributed by atoms with E-state index >= 15 is 0 Å². The molecule has 0 bridgehead atoms. The average molecular weight is 339 g/mol. The number of rotatable bonds is 10. The second-order valence-electron chi connectivity index (χ2n) is 7.86. The van der Waals surface area contributed by atoms with E-state index in [-0.39, 0.29) is 0 Å². The van der Waals surface area contributed by atoms with Crippen molar-refractivity contribution in [2.24, 2.45) is 22.7 Å². The zero-order valence-corrected chi connectivity index (χ0v) is 16.0. The molecule has 2 rings (SSSR count). The van der Waals surface area contributed by atoms with E-state index in [0.29, 0.717) is 0 Å². The van der Waals surface area contributed by atoms with E-state index in [1.54, 1.807) is 0 Å². The molecule has 5 heteroatoms. The molecule has 1 aliphatic carbocycles. The largest absolute Gasteiger partial charge is 0.381 e. The molecule has 2 atom stereocenters. The number of guanidine groups is 1. The van der Waals surface area contributed by atoms with Crippen LogP contribution in [-0.4, -0.2) is 63.8 Å². The molecular formula is C19H38N4O. The minimum atomic E-state index is 0.846. The molecule has 2 aliphatic rings. The smallest absolute Gasteiger partial charge is 0.190 e. The molecule has 0 aromatic carbocycles. The van der Waals surface area contributed by atoms with Gasteiger partial charge in [-0.1, -0.05) is 13.8 Å². The quantitative estimate of drug-likeness (QED) is 0.365. The Hall–Kier alpha value is -0.810. The van der Waals surface area contributed by atoms with Crippen molar-refractivity contribution in [2.45, 2.75) is 46.0 Å². The van der Waals surface area contributed by atoms with E-state index in [2.05, 4.69) is 34.4 Å². The summed E-state index contributed by atoms with van der Waals surface area (Å²) in [6, 6.07) is 0. The molecule has 0 aromatic rings. The van der Waals surface area contributed by atoms with Crippen molar-refractivity contribution in [3.63, 3.8) is 0 Å². The number of aliphatic imine (C=N–C) groups is 1. The van der Waals surface area contributed by atoms with Gasteiger partial charge in [0.15, 0.2) is 5.96 Å². The molecule has 1 aliphatic heterocycles. The fourth-order valence-corrected chi connectivity index (χ4v) is 3.62. The van der Waals surface area contributed by atoms with Crippen molar-refractivity contribution in [2.75, 3.05) is 53.0 Å². The van der Waals surface area contributed by atoms with Gasteiger partial charge in [-0.15, -0.1) is 0 Å². The summed E-state index contributed by atoms with van der Waals surface area (Å²) >= 11 is 0. The molecule has 2 fully saturated rings. The second-order valence-corrected chi connectivity index (χ2v) is 7.86. The van der Waals surface area contributed by atoms with Gasteiger partial charge in [0, 0.05) is 46.4 Å². The number of nitrogens with zero attached hydrogens (tertiary/aromatic N) is 2. The number of ether oxygens (including phenoxy) is 1. The first kappa shape index (κ1) is 19.5. The number of piperidine rings is 1. The number of hydrogen-bond acceptors (Lipinski definition) is 3. The fourth-order valence-electron chi connectivity index (χ4n) is 3.62. The van der Waals surface area contributed by atoms with E-state index in [4.69, 9.17) is 4.74 Å². The van der Waals surface area contributed by atoms with Crippen LogP contribution < -0.4 is 10.6 Å². The standard InChI is InChI=1S/C19H38N4O/c1-16-12-17(2)14-23(13-16)10-4-8-21-19(20-3)22-9-5-11-24-15-18-6-7-18/h16-18H,4-15H2,1-3H3,(H2,20,21,22). The van der Waals surface area contributed by atoms with Crippen LogP contribution >= 0.6 is 0 Å². The zero-order chi connectivity index (χ0) is 17.2. The molecule has 0 amide bonds. The first-order valence-electron chi connectivity index (χ1n) is 9.92. The zero-order valence-electron chi connectivity index (χ0n) is 16.0. The molecule has 0 radical (unpaired) electrons. The van der Waals surface area contributed by atoms with E-state index in [9.17, 15) is 0 Å². The number of likely N-dealkylation sites (tertiary alicyclic amines) is 1. The molecule has 140 valence electrons. The van der Waals surface area contributed by atoms with Gasteiger partial charge in [-0.05, 0) is 56.4 Å². The number of hydrogen-bond donors (Lipinski definition) is 2. The van der Waals surface area contributed by atoms with Crippen LogP contribution in [0.15, 0.2) is 4.99 Å². The van der Waals surface area contributed by atoms with Crippen LogP contribution in [0.5, 0.6) is 0 Å². The molecule has 0 aromatic heterocycles. The molecule has 2 unspecified atom stereocenters. The Morgan fingerprint density at radius 2 is 1.75 bits per heavy atom. The molecule has 24 heavy (non-hydrogen) atoms. The molecule has 0 spiro atoms. The third-order valence-corrected chi connectivity index (χ3v) is 4.92. The topological polar surface area (TPSA) is 48.9 Å². The van der Waals surface area contributed by atoms with Gasteiger partial charge < -0.3 is 20.3 Å². The van der Waals surface area contributed by atoms with Gasteiger partial charge in [0.25, 0.3) is 0 Å². The Balaban J connectivity index is 1.45. The van der Waals surface area contributed by atoms with Crippen LogP contribution in [0.25, 0.3) is 0 Å². The lowest BCUT2D eigenvalue weighted by atomic mass is 9.92. The Labute approximate surface area is 148 Å². The summed E-state index contributed by atoms with van der Waals surface area (Å²) in [6.45, 7) is 12.2. The maximum atomic E-state index is 5.65. The molecular weight excluding hydrogens is 300 g/mol. The van der Waals surface area contributed by atoms with Crippen LogP contribution in [0.3, 0.4) is 0 Å². The third-order valence-electron chi connectivity index (χ3n) is 4.92. The minimum absolute atomic E-state index is 0.846. The summed E-state index contributed by atoms with van der Waals surface area (Å²) in [5.74, 6) is 3.47. The van der Waals surface area contributed by atoms with Gasteiger partial charge in [-0.3, -0.25) is 4.99 Å². The molecule has 1 saturated heterocycles. The lowest BCUT2D eigenvalue weighted by Crippen LogP contribution is -2.42. The van der Waals surface area contributed by atoms with Crippen molar-refractivity contribution < 1.29 is 4.74 Å². The Morgan fingerprint density at radius 3 is 2.38 bits per heavy atom. The predicted octanol–water partition coefficient (Wildman–Crippen LogP) is 2.34. The van der Waals surface area contributed by atoms with Gasteiger partial charge in [-0.25, -0.2) is 0 Å². The highest BCUT2D eigenvalue weighted by atomic mass is 16.5. The summed E-state index contributed by atoms with van der Waals surface area (Å²) in [6.07, 6.45) is 6.32. The van der Waals surface area contributed by atoms with Crippen LogP contribution in [0.2, 0.25) is 0 Å². The van der Waals surface area contributed by atoms with E-state index < -0.39 is 0 Å². The first-order chi connectivity index (χ1) is 11.7. The van der Waals surface area contributed by atoms with Gasteiger partial charge >= 0.3 is 0 Å². The summed E-state index contributed by atoms with van der Waals surface area (Å²) < 4.78 is 5.65. The van der Waals surface area contributed by atoms with E-state index in [1.165, 1.54) is 45.3 Å². The van der Waals surface area contributed by atoms with Crippen molar-refractivity contribution >= 4 is 5.96 Å². The highest BCUT2D eigenvalue weighted by Crippen LogP contribution is 2.28. The minimum Gasteiger partial charge on any atom is -0.381 e. The molecule has 1 saturated carbocycles. The van der Waals surface area contributed by atoms with Crippen molar-refractivity contribution in [1.82, 2.24) is 15.5 Å². The lowest BCUT2D eigenvalue weighted by Gasteiger charge is -2.35. The number of nitrogens with one attached hydrogen (secondary N) is 2. The van der Waals surface area contributed by atoms with E-state index in [0.717, 1.165) is 56.4 Å². The fraction of sp³-hybridized carbons (Fsp3) is 0.947. The van der Waals surface area contributed by atoms with Gasteiger partial charge in [-0.2, -0.15) is 0 Å². The molecule has 1 heterocycles. The van der Waals surface area contributed by atoms with Crippen LogP contribution in [-0.2, 0) is 4.74 Å². The SMILES string of the molecule is CN=C(NCCCOCC1CC1)NCCCN1CC(C)CC(C)C1. The normalized spacial score (nSPS) is 25.7. The monoisotopic (exact) mass is 338 g/mol. The predicted molar refractivity (Wildman–Crippen MR) is 102 cm³/mol. The van der Waals surface area contributed by atoms with Crippen molar-refractivity contribution in [1.29, 1.82) is 0 Å².